The van der Waals surface area contributed by atoms with Crippen LogP contribution >= 0.6 is 0 Å². The zero-order chi connectivity index (χ0) is 17.6. The summed E-state index contributed by atoms with van der Waals surface area (Å²) in [7, 11) is 1.35. The molecule has 1 amide bonds. The molecule has 0 aliphatic heterocycles. The molecule has 0 saturated heterocycles. The van der Waals surface area contributed by atoms with E-state index >= 15 is 0 Å². The number of carbonyl (C=O) groups excluding carboxylic acids is 2. The first-order chi connectivity index (χ1) is 12.2. The van der Waals surface area contributed by atoms with E-state index in [-0.39, 0.29) is 11.9 Å². The van der Waals surface area contributed by atoms with E-state index in [4.69, 9.17) is 4.74 Å². The van der Waals surface area contributed by atoms with Gasteiger partial charge < -0.3 is 4.74 Å². The Morgan fingerprint density at radius 3 is 2.20 bits per heavy atom. The molecule has 1 heterocycles. The Kier molecular flexibility index (Phi) is 4.85. The molecular formula is C20H17N2O3+. The quantitative estimate of drug-likeness (QED) is 0.590. The van der Waals surface area contributed by atoms with E-state index < -0.39 is 0 Å². The fourth-order valence-electron chi connectivity index (χ4n) is 2.43. The minimum atomic E-state index is -0.384. The van der Waals surface area contributed by atoms with E-state index in [2.05, 4.69) is 5.43 Å². The highest BCUT2D eigenvalue weighted by Crippen LogP contribution is 2.16. The largest absolute Gasteiger partial charge is 0.465 e. The van der Waals surface area contributed by atoms with Crippen molar-refractivity contribution in [1.29, 1.82) is 0 Å². The summed E-state index contributed by atoms with van der Waals surface area (Å²) < 4.78 is 6.36. The number of amides is 1. The van der Waals surface area contributed by atoms with Gasteiger partial charge in [-0.25, -0.2) is 4.79 Å². The molecule has 5 heteroatoms. The lowest BCUT2D eigenvalue weighted by Crippen LogP contribution is -2.49. The third-order valence-electron chi connectivity index (χ3n) is 3.72. The molecule has 0 spiro atoms. The number of rotatable bonds is 4. The minimum Gasteiger partial charge on any atom is -0.465 e. The highest BCUT2D eigenvalue weighted by molar-refractivity contribution is 5.98. The number of methoxy groups -OCH3 is 1. The first-order valence-electron chi connectivity index (χ1n) is 7.75. The molecule has 25 heavy (non-hydrogen) atoms. The van der Waals surface area contributed by atoms with Crippen molar-refractivity contribution in [1.82, 2.24) is 0 Å². The van der Waals surface area contributed by atoms with Crippen LogP contribution in [-0.2, 0) is 4.74 Å². The Balaban J connectivity index is 1.88. The summed E-state index contributed by atoms with van der Waals surface area (Å²) in [5.41, 5.74) is 5.57. The summed E-state index contributed by atoms with van der Waals surface area (Å²) in [5, 5.41) is 0. The number of ether oxygens (including phenoxy) is 1. The van der Waals surface area contributed by atoms with Crippen LogP contribution in [0, 0.1) is 0 Å². The van der Waals surface area contributed by atoms with E-state index in [0.717, 1.165) is 11.3 Å². The van der Waals surface area contributed by atoms with Crippen LogP contribution in [0.25, 0.3) is 11.3 Å². The average molecular weight is 333 g/mol. The smallest absolute Gasteiger partial charge is 0.337 e. The van der Waals surface area contributed by atoms with Gasteiger partial charge in [0.2, 0.25) is 11.9 Å². The van der Waals surface area contributed by atoms with Gasteiger partial charge in [-0.05, 0) is 42.5 Å². The van der Waals surface area contributed by atoms with Gasteiger partial charge in [-0.1, -0.05) is 22.9 Å². The number of nitrogens with one attached hydrogen (secondary N) is 1. The lowest BCUT2D eigenvalue weighted by atomic mass is 10.1. The summed E-state index contributed by atoms with van der Waals surface area (Å²) in [4.78, 5) is 23.9. The van der Waals surface area contributed by atoms with Crippen molar-refractivity contribution in [3.8, 4) is 11.3 Å². The Morgan fingerprint density at radius 2 is 1.52 bits per heavy atom. The van der Waals surface area contributed by atoms with E-state index in [1.54, 1.807) is 35.1 Å². The monoisotopic (exact) mass is 333 g/mol. The fourth-order valence-corrected chi connectivity index (χ4v) is 2.43. The number of hydrogen-bond acceptors (Lipinski definition) is 3. The third-order valence-corrected chi connectivity index (χ3v) is 3.72. The first-order valence-corrected chi connectivity index (χ1v) is 7.75. The summed E-state index contributed by atoms with van der Waals surface area (Å²) in [6.45, 7) is 0. The second-order valence-corrected chi connectivity index (χ2v) is 5.33. The molecule has 3 rings (SSSR count). The zero-order valence-corrected chi connectivity index (χ0v) is 13.7. The first kappa shape index (κ1) is 16.4. The maximum Gasteiger partial charge on any atom is 0.337 e. The van der Waals surface area contributed by atoms with Crippen LogP contribution in [0.1, 0.15) is 20.7 Å². The summed E-state index contributed by atoms with van der Waals surface area (Å²) in [6.07, 6.45) is 1.77. The fraction of sp³-hybridized carbons (Fsp3) is 0.0500. The number of benzene rings is 2. The van der Waals surface area contributed by atoms with E-state index in [9.17, 15) is 9.59 Å². The number of pyridine rings is 1. The Morgan fingerprint density at radius 1 is 0.840 bits per heavy atom. The highest BCUT2D eigenvalue weighted by Gasteiger charge is 2.17. The molecule has 0 unspecified atom stereocenters. The van der Waals surface area contributed by atoms with Gasteiger partial charge >= 0.3 is 11.9 Å². The van der Waals surface area contributed by atoms with E-state index in [1.807, 2.05) is 48.5 Å². The number of aromatic nitrogens is 1. The Bertz CT molecular complexity index is 890. The second-order valence-electron chi connectivity index (χ2n) is 5.33. The number of esters is 1. The van der Waals surface area contributed by atoms with Crippen LogP contribution in [0.3, 0.4) is 0 Å². The van der Waals surface area contributed by atoms with Gasteiger partial charge in [-0.2, -0.15) is 0 Å². The molecule has 0 radical (unpaired) electrons. The van der Waals surface area contributed by atoms with Crippen molar-refractivity contribution >= 4 is 11.9 Å². The molecule has 0 atom stereocenters. The molecule has 3 aromatic rings. The predicted octanol–water partition coefficient (Wildman–Crippen LogP) is 2.81. The van der Waals surface area contributed by atoms with Crippen molar-refractivity contribution < 1.29 is 19.0 Å². The number of carbonyl (C=O) groups is 2. The topological polar surface area (TPSA) is 59.3 Å². The highest BCUT2D eigenvalue weighted by atomic mass is 16.5. The van der Waals surface area contributed by atoms with Gasteiger partial charge in [0.1, 0.15) is 0 Å². The van der Waals surface area contributed by atoms with Crippen molar-refractivity contribution in [2.24, 2.45) is 0 Å². The standard InChI is InChI=1S/C20H16N2O3/c1-25-20(24)17-12-10-15(11-13-17)18-9-5-6-14-22(18)21-19(23)16-7-3-2-4-8-16/h2-14H,1H3/p+1. The molecule has 124 valence electrons. The number of nitrogens with zero attached hydrogens (tertiary/aromatic N) is 1. The predicted molar refractivity (Wildman–Crippen MR) is 93.5 cm³/mol. The molecular weight excluding hydrogens is 316 g/mol. The maximum absolute atomic E-state index is 12.4. The van der Waals surface area contributed by atoms with Gasteiger partial charge in [0, 0.05) is 23.3 Å². The van der Waals surface area contributed by atoms with Crippen LogP contribution < -0.4 is 10.1 Å². The van der Waals surface area contributed by atoms with Crippen molar-refractivity contribution in [2.45, 2.75) is 0 Å². The zero-order valence-electron chi connectivity index (χ0n) is 13.7. The lowest BCUT2D eigenvalue weighted by Gasteiger charge is -2.05. The Hall–Kier alpha value is -3.47. The van der Waals surface area contributed by atoms with E-state index in [1.165, 1.54) is 7.11 Å². The molecule has 0 bridgehead atoms. The van der Waals surface area contributed by atoms with Crippen LogP contribution in [-0.4, -0.2) is 19.0 Å². The molecule has 0 saturated carbocycles. The molecule has 1 aromatic heterocycles. The summed E-state index contributed by atoms with van der Waals surface area (Å²) >= 11 is 0. The molecule has 0 fully saturated rings. The van der Waals surface area contributed by atoms with Gasteiger partial charge in [-0.15, -0.1) is 5.43 Å². The molecule has 0 aliphatic rings. The van der Waals surface area contributed by atoms with Gasteiger partial charge in [0.15, 0.2) is 0 Å². The second kappa shape index (κ2) is 7.40. The van der Waals surface area contributed by atoms with E-state index in [0.29, 0.717) is 11.1 Å². The summed E-state index contributed by atoms with van der Waals surface area (Å²) in [6, 6.07) is 21.6. The van der Waals surface area contributed by atoms with Gasteiger partial charge in [0.25, 0.3) is 0 Å². The van der Waals surface area contributed by atoms with Gasteiger partial charge in [-0.3, -0.25) is 4.79 Å². The maximum atomic E-state index is 12.4. The molecule has 1 N–H and O–H groups in total. The lowest BCUT2D eigenvalue weighted by molar-refractivity contribution is -0.630. The molecule has 0 aliphatic carbocycles. The summed E-state index contributed by atoms with van der Waals surface area (Å²) in [5.74, 6) is -0.589. The molecule has 5 nitrogen and oxygen atoms in total. The third kappa shape index (κ3) is 3.72. The Labute approximate surface area is 145 Å². The van der Waals surface area contributed by atoms with Crippen LogP contribution in [0.15, 0.2) is 79.0 Å². The van der Waals surface area contributed by atoms with Crippen molar-refractivity contribution in [2.75, 3.05) is 12.5 Å². The van der Waals surface area contributed by atoms with Gasteiger partial charge in [0.05, 0.1) is 12.7 Å². The van der Waals surface area contributed by atoms with Crippen LogP contribution in [0.4, 0.5) is 0 Å². The minimum absolute atomic E-state index is 0.204. The van der Waals surface area contributed by atoms with Crippen molar-refractivity contribution in [3.63, 3.8) is 0 Å². The van der Waals surface area contributed by atoms with Crippen LogP contribution in [0.2, 0.25) is 0 Å². The normalized spacial score (nSPS) is 10.1. The number of hydrogen-bond donors (Lipinski definition) is 1. The molecule has 2 aromatic carbocycles. The average Bonchev–Trinajstić information content (AvgIpc) is 2.68. The van der Waals surface area contributed by atoms with Crippen LogP contribution in [0.5, 0.6) is 0 Å². The van der Waals surface area contributed by atoms with Crippen molar-refractivity contribution in [3.05, 3.63) is 90.1 Å². The SMILES string of the molecule is COC(=O)c1ccc(-c2cccc[n+]2NC(=O)c2ccccc2)cc1.